The zero-order valence-corrected chi connectivity index (χ0v) is 18.6. The third-order valence-electron chi connectivity index (χ3n) is 4.35. The van der Waals surface area contributed by atoms with E-state index in [0.29, 0.717) is 12.2 Å². The summed E-state index contributed by atoms with van der Waals surface area (Å²) in [5.74, 6) is -0.908. The van der Waals surface area contributed by atoms with E-state index < -0.39 is 23.8 Å². The Kier molecular flexibility index (Phi) is 8.19. The molecule has 7 nitrogen and oxygen atoms in total. The number of esters is 1. The van der Waals surface area contributed by atoms with Crippen molar-refractivity contribution in [1.82, 2.24) is 5.32 Å². The summed E-state index contributed by atoms with van der Waals surface area (Å²) < 4.78 is 10.5. The Bertz CT molecular complexity index is 906. The van der Waals surface area contributed by atoms with Crippen molar-refractivity contribution in [3.05, 3.63) is 65.7 Å². The molecule has 0 bridgehead atoms. The van der Waals surface area contributed by atoms with E-state index in [4.69, 9.17) is 9.47 Å². The van der Waals surface area contributed by atoms with E-state index in [1.165, 1.54) is 13.0 Å². The minimum Gasteiger partial charge on any atom is -0.449 e. The second kappa shape index (κ2) is 10.6. The predicted molar refractivity (Wildman–Crippen MR) is 119 cm³/mol. The Hall–Kier alpha value is -3.35. The van der Waals surface area contributed by atoms with Crippen molar-refractivity contribution in [3.8, 4) is 0 Å². The smallest absolute Gasteiger partial charge is 0.412 e. The molecule has 0 aliphatic carbocycles. The van der Waals surface area contributed by atoms with Gasteiger partial charge in [-0.3, -0.25) is 10.1 Å². The quantitative estimate of drug-likeness (QED) is 0.636. The summed E-state index contributed by atoms with van der Waals surface area (Å²) in [6.07, 6.45) is -1.59. The maximum Gasteiger partial charge on any atom is 0.412 e. The van der Waals surface area contributed by atoms with E-state index in [2.05, 4.69) is 10.6 Å². The molecule has 0 aromatic heterocycles. The van der Waals surface area contributed by atoms with Gasteiger partial charge in [0.1, 0.15) is 5.60 Å². The molecule has 0 radical (unpaired) electrons. The molecule has 2 atom stereocenters. The number of anilines is 1. The Labute approximate surface area is 183 Å². The molecule has 0 aliphatic rings. The van der Waals surface area contributed by atoms with Crippen molar-refractivity contribution < 1.29 is 23.9 Å². The number of hydrogen-bond donors (Lipinski definition) is 2. The summed E-state index contributed by atoms with van der Waals surface area (Å²) in [4.78, 5) is 36.7. The third kappa shape index (κ3) is 8.12. The number of rotatable bonds is 7. The number of ether oxygens (including phenoxy) is 2. The molecule has 2 aromatic carbocycles. The number of hydrogen-bond acceptors (Lipinski definition) is 5. The molecular formula is C24H30N2O5. The standard InChI is InChI=1S/C24H30N2O5/c1-16(18-10-7-6-8-11-18)15-25-21(27)17(2)30-22(28)19-12-9-13-20(14-19)26-23(29)31-24(3,4)5/h6-14,16-17H,15H2,1-5H3,(H,25,27)(H,26,29)/t16-,17+/m0/s1. The zero-order valence-electron chi connectivity index (χ0n) is 18.6. The molecule has 2 rings (SSSR count). The van der Waals surface area contributed by atoms with E-state index >= 15 is 0 Å². The summed E-state index contributed by atoms with van der Waals surface area (Å²) >= 11 is 0. The molecule has 2 N–H and O–H groups in total. The lowest BCUT2D eigenvalue weighted by molar-refractivity contribution is -0.129. The van der Waals surface area contributed by atoms with Crippen molar-refractivity contribution in [1.29, 1.82) is 0 Å². The van der Waals surface area contributed by atoms with Crippen LogP contribution < -0.4 is 10.6 Å². The molecular weight excluding hydrogens is 396 g/mol. The first-order valence-corrected chi connectivity index (χ1v) is 10.2. The lowest BCUT2D eigenvalue weighted by Crippen LogP contribution is -2.37. The van der Waals surface area contributed by atoms with Gasteiger partial charge in [0.25, 0.3) is 5.91 Å². The van der Waals surface area contributed by atoms with Gasteiger partial charge in [-0.2, -0.15) is 0 Å². The van der Waals surface area contributed by atoms with Gasteiger partial charge < -0.3 is 14.8 Å². The van der Waals surface area contributed by atoms with Crippen molar-refractivity contribution in [2.45, 2.75) is 52.2 Å². The van der Waals surface area contributed by atoms with Crippen LogP contribution in [0.2, 0.25) is 0 Å². The molecule has 2 aromatic rings. The molecule has 2 amide bonds. The molecule has 7 heteroatoms. The molecule has 0 spiro atoms. The predicted octanol–water partition coefficient (Wildman–Crippen LogP) is 4.50. The van der Waals surface area contributed by atoms with E-state index in [9.17, 15) is 14.4 Å². The van der Waals surface area contributed by atoms with Crippen LogP contribution in [0, 0.1) is 0 Å². The minimum atomic E-state index is -0.960. The van der Waals surface area contributed by atoms with Crippen LogP contribution in [0.25, 0.3) is 0 Å². The van der Waals surface area contributed by atoms with Gasteiger partial charge in [0.2, 0.25) is 0 Å². The highest BCUT2D eigenvalue weighted by molar-refractivity contribution is 5.94. The molecule has 0 aliphatic heterocycles. The summed E-state index contributed by atoms with van der Waals surface area (Å²) in [5, 5.41) is 5.38. The molecule has 0 saturated carbocycles. The number of carbonyl (C=O) groups is 3. The molecule has 0 unspecified atom stereocenters. The van der Waals surface area contributed by atoms with Crippen LogP contribution in [0.15, 0.2) is 54.6 Å². The van der Waals surface area contributed by atoms with Crippen LogP contribution in [0.4, 0.5) is 10.5 Å². The maximum absolute atomic E-state index is 12.4. The van der Waals surface area contributed by atoms with Gasteiger partial charge in [0.15, 0.2) is 6.10 Å². The maximum atomic E-state index is 12.4. The lowest BCUT2D eigenvalue weighted by Gasteiger charge is -2.20. The zero-order chi connectivity index (χ0) is 23.0. The number of benzene rings is 2. The molecule has 0 heterocycles. The van der Waals surface area contributed by atoms with E-state index in [1.807, 2.05) is 37.3 Å². The summed E-state index contributed by atoms with van der Waals surface area (Å²) in [6.45, 7) is 9.23. The fourth-order valence-corrected chi connectivity index (χ4v) is 2.72. The Balaban J connectivity index is 1.89. The largest absolute Gasteiger partial charge is 0.449 e. The summed E-state index contributed by atoms with van der Waals surface area (Å²) in [5.41, 5.74) is 1.08. The summed E-state index contributed by atoms with van der Waals surface area (Å²) in [6, 6.07) is 16.1. The Morgan fingerprint density at radius 2 is 1.65 bits per heavy atom. The van der Waals surface area contributed by atoms with Crippen molar-refractivity contribution in [2.24, 2.45) is 0 Å². The van der Waals surface area contributed by atoms with Crippen LogP contribution in [0.3, 0.4) is 0 Å². The SMILES string of the molecule is C[C@@H](OC(=O)c1cccc(NC(=O)OC(C)(C)C)c1)C(=O)NC[C@H](C)c1ccccc1. The number of nitrogens with one attached hydrogen (secondary N) is 2. The normalized spacial score (nSPS) is 12.9. The highest BCUT2D eigenvalue weighted by Gasteiger charge is 2.20. The van der Waals surface area contributed by atoms with Gasteiger partial charge in [-0.05, 0) is 57.4 Å². The first kappa shape index (κ1) is 23.9. The first-order chi connectivity index (χ1) is 14.5. The fraction of sp³-hybridized carbons (Fsp3) is 0.375. The number of carbonyl (C=O) groups excluding carboxylic acids is 3. The minimum absolute atomic E-state index is 0.128. The third-order valence-corrected chi connectivity index (χ3v) is 4.35. The van der Waals surface area contributed by atoms with E-state index in [-0.39, 0.29) is 17.4 Å². The molecule has 0 saturated heterocycles. The average Bonchev–Trinajstić information content (AvgIpc) is 2.71. The highest BCUT2D eigenvalue weighted by Crippen LogP contribution is 2.16. The molecule has 0 fully saturated rings. The van der Waals surface area contributed by atoms with Gasteiger partial charge in [-0.1, -0.05) is 43.3 Å². The van der Waals surface area contributed by atoms with E-state index in [0.717, 1.165) is 5.56 Å². The van der Waals surface area contributed by atoms with Gasteiger partial charge in [0.05, 0.1) is 5.56 Å². The van der Waals surface area contributed by atoms with Crippen molar-refractivity contribution >= 4 is 23.7 Å². The van der Waals surface area contributed by atoms with Crippen molar-refractivity contribution in [3.63, 3.8) is 0 Å². The van der Waals surface area contributed by atoms with Crippen LogP contribution in [0.5, 0.6) is 0 Å². The highest BCUT2D eigenvalue weighted by atomic mass is 16.6. The van der Waals surface area contributed by atoms with Crippen molar-refractivity contribution in [2.75, 3.05) is 11.9 Å². The Morgan fingerprint density at radius 3 is 2.29 bits per heavy atom. The van der Waals surface area contributed by atoms with Crippen LogP contribution >= 0.6 is 0 Å². The average molecular weight is 427 g/mol. The molecule has 166 valence electrons. The topological polar surface area (TPSA) is 93.7 Å². The first-order valence-electron chi connectivity index (χ1n) is 10.2. The second-order valence-corrected chi connectivity index (χ2v) is 8.31. The molecule has 31 heavy (non-hydrogen) atoms. The second-order valence-electron chi connectivity index (χ2n) is 8.31. The van der Waals surface area contributed by atoms with Crippen LogP contribution in [-0.4, -0.2) is 36.2 Å². The monoisotopic (exact) mass is 426 g/mol. The summed E-state index contributed by atoms with van der Waals surface area (Å²) in [7, 11) is 0. The van der Waals surface area contributed by atoms with Gasteiger partial charge in [-0.15, -0.1) is 0 Å². The fourth-order valence-electron chi connectivity index (χ4n) is 2.72. The lowest BCUT2D eigenvalue weighted by atomic mass is 10.0. The van der Waals surface area contributed by atoms with E-state index in [1.54, 1.807) is 39.0 Å². The van der Waals surface area contributed by atoms with Crippen LogP contribution in [-0.2, 0) is 14.3 Å². The van der Waals surface area contributed by atoms with Gasteiger partial charge >= 0.3 is 12.1 Å². The van der Waals surface area contributed by atoms with Gasteiger partial charge in [0, 0.05) is 12.2 Å². The van der Waals surface area contributed by atoms with Crippen LogP contribution in [0.1, 0.15) is 56.5 Å². The van der Waals surface area contributed by atoms with Gasteiger partial charge in [-0.25, -0.2) is 9.59 Å². The number of amides is 2. The Morgan fingerprint density at radius 1 is 0.968 bits per heavy atom.